The van der Waals surface area contributed by atoms with Gasteiger partial charge in [0.15, 0.2) is 0 Å². The summed E-state index contributed by atoms with van der Waals surface area (Å²) in [6.45, 7) is 1.12. The third kappa shape index (κ3) is 7.82. The molecule has 0 spiro atoms. The molecule has 0 radical (unpaired) electrons. The van der Waals surface area contributed by atoms with Crippen LogP contribution < -0.4 is 22.1 Å². The number of nitrogens with zero attached hydrogens (tertiary/aromatic N) is 4. The fraction of sp³-hybridized carbons (Fsp3) is 0.161. The van der Waals surface area contributed by atoms with Gasteiger partial charge in [0.05, 0.1) is 11.3 Å². The van der Waals surface area contributed by atoms with Gasteiger partial charge in [-0.15, -0.1) is 0 Å². The van der Waals surface area contributed by atoms with E-state index in [9.17, 15) is 5.11 Å². The average Bonchev–Trinajstić information content (AvgIpc) is 2.98. The Hall–Kier alpha value is -4.15. The van der Waals surface area contributed by atoms with E-state index in [1.54, 1.807) is 12.1 Å². The molecule has 0 saturated carbocycles. The summed E-state index contributed by atoms with van der Waals surface area (Å²) in [4.78, 5) is 17.2. The molecule has 0 aliphatic carbocycles. The molecular weight excluding hydrogens is 607 g/mol. The molecule has 3 aromatic carbocycles. The first-order chi connectivity index (χ1) is 20.8. The molecule has 0 saturated heterocycles. The summed E-state index contributed by atoms with van der Waals surface area (Å²) in [6.07, 6.45) is 0.230. The van der Waals surface area contributed by atoms with Gasteiger partial charge >= 0.3 is 0 Å². The highest BCUT2D eigenvalue weighted by Crippen LogP contribution is 2.37. The highest BCUT2D eigenvalue weighted by Gasteiger charge is 2.25. The third-order valence-electron chi connectivity index (χ3n) is 6.72. The SMILES string of the molecule is Nc1nc(NCCc2ccc(Cl)cc2)cc(-c2ccccc2C(O)c2c(Cl)nc(N)nc2NCCc2ccc(Cl)cc2)n1. The first kappa shape index (κ1) is 30.3. The largest absolute Gasteiger partial charge is 0.383 e. The topological polar surface area (TPSA) is 148 Å². The minimum absolute atomic E-state index is 0.0129. The number of nitrogen functional groups attached to an aromatic ring is 2. The first-order valence-corrected chi connectivity index (χ1v) is 14.6. The molecule has 1 atom stereocenters. The Morgan fingerprint density at radius 2 is 1.28 bits per heavy atom. The van der Waals surface area contributed by atoms with Crippen molar-refractivity contribution < 1.29 is 5.11 Å². The Balaban J connectivity index is 1.38. The third-order valence-corrected chi connectivity index (χ3v) is 7.51. The molecule has 12 heteroatoms. The lowest BCUT2D eigenvalue weighted by molar-refractivity contribution is 0.221. The predicted molar refractivity (Wildman–Crippen MR) is 175 cm³/mol. The molecule has 2 aromatic heterocycles. The van der Waals surface area contributed by atoms with E-state index in [-0.39, 0.29) is 17.0 Å². The number of anilines is 4. The fourth-order valence-corrected chi connectivity index (χ4v) is 5.15. The Morgan fingerprint density at radius 3 is 1.93 bits per heavy atom. The van der Waals surface area contributed by atoms with Crippen molar-refractivity contribution in [2.75, 3.05) is 35.2 Å². The summed E-state index contributed by atoms with van der Waals surface area (Å²) in [5.74, 6) is 0.968. The fourth-order valence-electron chi connectivity index (χ4n) is 4.62. The minimum atomic E-state index is -1.21. The Bertz CT molecular complexity index is 1700. The van der Waals surface area contributed by atoms with E-state index in [0.29, 0.717) is 63.6 Å². The lowest BCUT2D eigenvalue weighted by atomic mass is 9.95. The number of hydrogen-bond acceptors (Lipinski definition) is 9. The maximum atomic E-state index is 11.7. The number of aliphatic hydroxyl groups is 1. The van der Waals surface area contributed by atoms with Gasteiger partial charge in [-0.25, -0.2) is 9.97 Å². The maximum absolute atomic E-state index is 11.7. The molecule has 2 heterocycles. The molecule has 220 valence electrons. The number of aromatic nitrogens is 4. The Morgan fingerprint density at radius 1 is 0.698 bits per heavy atom. The van der Waals surface area contributed by atoms with Crippen molar-refractivity contribution in [3.05, 3.63) is 116 Å². The Kier molecular flexibility index (Phi) is 9.79. The second-order valence-corrected chi connectivity index (χ2v) is 11.0. The zero-order valence-electron chi connectivity index (χ0n) is 22.9. The molecule has 1 unspecified atom stereocenters. The van der Waals surface area contributed by atoms with E-state index in [4.69, 9.17) is 46.3 Å². The van der Waals surface area contributed by atoms with E-state index in [1.165, 1.54) is 0 Å². The van der Waals surface area contributed by atoms with Gasteiger partial charge in [-0.05, 0) is 53.8 Å². The lowest BCUT2D eigenvalue weighted by Gasteiger charge is -2.20. The molecular formula is C31H29Cl3N8O. The normalized spacial score (nSPS) is 11.7. The van der Waals surface area contributed by atoms with Crippen molar-refractivity contribution in [2.24, 2.45) is 0 Å². The number of benzene rings is 3. The van der Waals surface area contributed by atoms with Crippen LogP contribution >= 0.6 is 34.8 Å². The molecule has 7 N–H and O–H groups in total. The van der Waals surface area contributed by atoms with Crippen LogP contribution in [0.5, 0.6) is 0 Å². The van der Waals surface area contributed by atoms with Crippen molar-refractivity contribution in [3.63, 3.8) is 0 Å². The van der Waals surface area contributed by atoms with Gasteiger partial charge in [-0.2, -0.15) is 9.97 Å². The van der Waals surface area contributed by atoms with Gasteiger partial charge in [0.2, 0.25) is 11.9 Å². The maximum Gasteiger partial charge on any atom is 0.223 e. The summed E-state index contributed by atoms with van der Waals surface area (Å²) < 4.78 is 0. The number of hydrogen-bond donors (Lipinski definition) is 5. The second-order valence-electron chi connectivity index (χ2n) is 9.73. The van der Waals surface area contributed by atoms with Crippen LogP contribution in [0.3, 0.4) is 0 Å². The second kappa shape index (κ2) is 13.9. The lowest BCUT2D eigenvalue weighted by Crippen LogP contribution is -2.15. The van der Waals surface area contributed by atoms with Gasteiger partial charge < -0.3 is 27.2 Å². The van der Waals surface area contributed by atoms with E-state index < -0.39 is 6.10 Å². The quantitative estimate of drug-likeness (QED) is 0.103. The van der Waals surface area contributed by atoms with Crippen LogP contribution in [0, 0.1) is 0 Å². The van der Waals surface area contributed by atoms with Crippen LogP contribution in [0.15, 0.2) is 78.9 Å². The zero-order chi connectivity index (χ0) is 30.3. The molecule has 43 heavy (non-hydrogen) atoms. The molecule has 0 aliphatic heterocycles. The number of aliphatic hydroxyl groups excluding tert-OH is 1. The number of nitrogens with two attached hydrogens (primary N) is 2. The van der Waals surface area contributed by atoms with Crippen LogP contribution in [-0.2, 0) is 12.8 Å². The van der Waals surface area contributed by atoms with Crippen molar-refractivity contribution in [3.8, 4) is 11.3 Å². The van der Waals surface area contributed by atoms with Gasteiger partial charge in [-0.1, -0.05) is 83.3 Å². The predicted octanol–water partition coefficient (Wildman–Crippen LogP) is 6.45. The summed E-state index contributed by atoms with van der Waals surface area (Å²) in [6, 6.07) is 24.3. The minimum Gasteiger partial charge on any atom is -0.383 e. The summed E-state index contributed by atoms with van der Waals surface area (Å²) in [7, 11) is 0. The standard InChI is InChI=1S/C31H29Cl3N8O/c32-20-9-5-18(6-10-20)13-15-37-25-17-24(39-30(35)40-25)22-3-1-2-4-23(22)27(43)26-28(34)41-31(36)42-29(26)38-16-14-19-7-11-21(33)12-8-19/h1-12,17,27,43H,13-16H2,(H3,35,37,39,40)(H3,36,38,41,42). The van der Waals surface area contributed by atoms with Crippen molar-refractivity contribution in [1.29, 1.82) is 0 Å². The van der Waals surface area contributed by atoms with Gasteiger partial charge in [0.25, 0.3) is 0 Å². The molecule has 0 fully saturated rings. The number of nitrogens with one attached hydrogen (secondary N) is 2. The molecule has 0 aliphatic rings. The zero-order valence-corrected chi connectivity index (χ0v) is 25.2. The molecule has 5 rings (SSSR count). The van der Waals surface area contributed by atoms with E-state index in [0.717, 1.165) is 17.5 Å². The summed E-state index contributed by atoms with van der Waals surface area (Å²) in [5.41, 5.74) is 16.2. The van der Waals surface area contributed by atoms with Crippen molar-refractivity contribution in [1.82, 2.24) is 19.9 Å². The van der Waals surface area contributed by atoms with Crippen LogP contribution in [0.2, 0.25) is 15.2 Å². The van der Waals surface area contributed by atoms with Gasteiger partial charge in [0.1, 0.15) is 22.9 Å². The van der Waals surface area contributed by atoms with Gasteiger partial charge in [0, 0.05) is 34.8 Å². The highest BCUT2D eigenvalue weighted by molar-refractivity contribution is 6.31. The van der Waals surface area contributed by atoms with E-state index in [2.05, 4.69) is 30.6 Å². The van der Waals surface area contributed by atoms with Crippen molar-refractivity contribution >= 4 is 58.3 Å². The van der Waals surface area contributed by atoms with E-state index >= 15 is 0 Å². The Labute approximate surface area is 264 Å². The van der Waals surface area contributed by atoms with Crippen LogP contribution in [0.1, 0.15) is 28.4 Å². The average molecular weight is 636 g/mol. The monoisotopic (exact) mass is 634 g/mol. The number of rotatable bonds is 11. The first-order valence-electron chi connectivity index (χ1n) is 13.5. The number of halogens is 3. The van der Waals surface area contributed by atoms with Crippen LogP contribution in [0.25, 0.3) is 11.3 Å². The smallest absolute Gasteiger partial charge is 0.223 e. The summed E-state index contributed by atoms with van der Waals surface area (Å²) in [5, 5.41) is 19.7. The van der Waals surface area contributed by atoms with Crippen LogP contribution in [0.4, 0.5) is 23.5 Å². The molecule has 9 nitrogen and oxygen atoms in total. The van der Waals surface area contributed by atoms with Gasteiger partial charge in [-0.3, -0.25) is 0 Å². The molecule has 5 aromatic rings. The van der Waals surface area contributed by atoms with Crippen molar-refractivity contribution in [2.45, 2.75) is 18.9 Å². The highest BCUT2D eigenvalue weighted by atomic mass is 35.5. The molecule has 0 bridgehead atoms. The van der Waals surface area contributed by atoms with Crippen LogP contribution in [-0.4, -0.2) is 38.1 Å². The summed E-state index contributed by atoms with van der Waals surface area (Å²) >= 11 is 18.5. The van der Waals surface area contributed by atoms with E-state index in [1.807, 2.05) is 66.7 Å². The molecule has 0 amide bonds.